The molecule has 1 saturated heterocycles. The van der Waals surface area contributed by atoms with Gasteiger partial charge in [-0.25, -0.2) is 4.79 Å². The monoisotopic (exact) mass is 730 g/mol. The van der Waals surface area contributed by atoms with Gasteiger partial charge in [0, 0.05) is 61.8 Å². The molecule has 0 aliphatic carbocycles. The Morgan fingerprint density at radius 1 is 0.880 bits per heavy atom. The first-order valence-electron chi connectivity index (χ1n) is 16.1. The molecule has 2 N–H and O–H groups in total. The van der Waals surface area contributed by atoms with E-state index < -0.39 is 38.0 Å². The summed E-state index contributed by atoms with van der Waals surface area (Å²) in [6.45, 7) is 10.5. The Morgan fingerprint density at radius 3 is 2.04 bits per heavy atom. The Bertz CT molecular complexity index is 1950. The fraction of sp³-hybridized carbons (Fsp3) is 0.371. The van der Waals surface area contributed by atoms with Crippen molar-refractivity contribution in [2.24, 2.45) is 0 Å². The van der Waals surface area contributed by atoms with Gasteiger partial charge in [0.15, 0.2) is 5.71 Å². The zero-order valence-electron chi connectivity index (χ0n) is 28.8. The predicted molar refractivity (Wildman–Crippen MR) is 188 cm³/mol. The Kier molecular flexibility index (Phi) is 14.0. The van der Waals surface area contributed by atoms with E-state index >= 15 is 0 Å². The maximum absolute atomic E-state index is 12.2. The first-order valence-corrected chi connectivity index (χ1v) is 18.9. The number of hydrogen-bond acceptors (Lipinski definition) is 9. The average Bonchev–Trinajstić information content (AvgIpc) is 3.35. The number of carbonyl (C=O) groups is 3. The molecule has 50 heavy (non-hydrogen) atoms. The summed E-state index contributed by atoms with van der Waals surface area (Å²) in [5.74, 6) is -1.71. The van der Waals surface area contributed by atoms with Gasteiger partial charge in [0.2, 0.25) is 5.69 Å². The van der Waals surface area contributed by atoms with E-state index in [1.165, 1.54) is 24.3 Å². The van der Waals surface area contributed by atoms with Crippen molar-refractivity contribution in [1.29, 1.82) is 0 Å². The van der Waals surface area contributed by atoms with Crippen LogP contribution in [0.2, 0.25) is 0 Å². The van der Waals surface area contributed by atoms with Crippen LogP contribution in [0, 0.1) is 13.8 Å². The highest BCUT2D eigenvalue weighted by atomic mass is 32.2. The van der Waals surface area contributed by atoms with Crippen molar-refractivity contribution in [3.63, 3.8) is 0 Å². The van der Waals surface area contributed by atoms with E-state index in [-0.39, 0.29) is 29.1 Å². The van der Waals surface area contributed by atoms with Crippen LogP contribution < -0.4 is 4.90 Å². The number of nitrogens with zero attached hydrogens (tertiary/aromatic N) is 3. The van der Waals surface area contributed by atoms with Crippen LogP contribution in [0.1, 0.15) is 70.4 Å². The molecule has 0 saturated carbocycles. The summed E-state index contributed by atoms with van der Waals surface area (Å²) < 4.78 is 67.3. The highest BCUT2D eigenvalue weighted by molar-refractivity contribution is 7.86. The number of anilines is 1. The second kappa shape index (κ2) is 17.5. The van der Waals surface area contributed by atoms with Crippen molar-refractivity contribution in [2.75, 3.05) is 18.0 Å². The molecule has 270 valence electrons. The third kappa shape index (κ3) is 11.0. The Balaban J connectivity index is 1.73. The normalized spacial score (nSPS) is 14.9. The van der Waals surface area contributed by atoms with E-state index in [9.17, 15) is 40.3 Å². The van der Waals surface area contributed by atoms with Gasteiger partial charge in [-0.15, -0.1) is 5.06 Å². The molecule has 3 rings (SSSR count). The third-order valence-electron chi connectivity index (χ3n) is 8.04. The molecule has 0 radical (unpaired) electrons. The number of unbranched alkanes of at least 4 members (excludes halogenated alkanes) is 2. The van der Waals surface area contributed by atoms with Crippen LogP contribution in [-0.4, -0.2) is 72.2 Å². The Labute approximate surface area is 293 Å². The van der Waals surface area contributed by atoms with Crippen molar-refractivity contribution in [1.82, 2.24) is 5.06 Å². The molecule has 2 aromatic carbocycles. The molecule has 1 aliphatic heterocycles. The smallest absolute Gasteiger partial charge is 0.333 e. The van der Waals surface area contributed by atoms with Gasteiger partial charge in [-0.2, -0.15) is 21.4 Å². The maximum Gasteiger partial charge on any atom is 0.333 e. The lowest BCUT2D eigenvalue weighted by molar-refractivity contribution is -0.436. The van der Waals surface area contributed by atoms with E-state index in [0.717, 1.165) is 22.8 Å². The molecule has 2 aromatic rings. The van der Waals surface area contributed by atoms with Crippen LogP contribution in [-0.2, 0) is 39.5 Å². The maximum atomic E-state index is 12.2. The number of imide groups is 1. The second-order valence-electron chi connectivity index (χ2n) is 11.8. The van der Waals surface area contributed by atoms with E-state index in [1.807, 2.05) is 60.6 Å². The number of aryl methyl sites for hydroxylation is 2. The van der Waals surface area contributed by atoms with Crippen molar-refractivity contribution in [3.05, 3.63) is 83.6 Å². The van der Waals surface area contributed by atoms with E-state index in [4.69, 9.17) is 4.84 Å². The molecule has 2 amide bonds. The zero-order valence-corrected chi connectivity index (χ0v) is 30.5. The number of allylic oxidation sites excluding steroid dienone is 6. The van der Waals surface area contributed by atoms with Crippen molar-refractivity contribution < 1.29 is 49.7 Å². The van der Waals surface area contributed by atoms with Gasteiger partial charge < -0.3 is 9.74 Å². The van der Waals surface area contributed by atoms with Crippen LogP contribution in [0.4, 0.5) is 11.4 Å². The summed E-state index contributed by atoms with van der Waals surface area (Å²) in [5, 5.41) is 0.535. The van der Waals surface area contributed by atoms with Crippen molar-refractivity contribution in [2.45, 2.75) is 82.9 Å². The van der Waals surface area contributed by atoms with Gasteiger partial charge in [-0.1, -0.05) is 24.6 Å². The van der Waals surface area contributed by atoms with Crippen molar-refractivity contribution >= 4 is 55.1 Å². The van der Waals surface area contributed by atoms with Gasteiger partial charge in [0.1, 0.15) is 6.54 Å². The zero-order chi connectivity index (χ0) is 37.2. The van der Waals surface area contributed by atoms with E-state index in [0.29, 0.717) is 48.5 Å². The molecule has 1 aliphatic rings. The van der Waals surface area contributed by atoms with Crippen LogP contribution in [0.5, 0.6) is 0 Å². The highest BCUT2D eigenvalue weighted by Crippen LogP contribution is 2.27. The highest BCUT2D eigenvalue weighted by Gasteiger charge is 2.32. The standard InChI is InChI=1S/C35H43N3O10S2/c1-6-36(31-18-16-29(23-25(31)2)49(42,43)44)27(4)13-9-7-10-14-28(5)37(32-19-17-30(24-26(32)3)50(45,46)47)22-12-8-11-15-35(41)48-38-33(39)20-21-34(38)40/h7,9-10,13-14,16-19,23-24H,6,8,11-12,15,20-22H2,1-5H3,(H-,42,43,44,45,46,47)/p+1. The minimum atomic E-state index is -4.38. The molecule has 1 heterocycles. The molecular formula is C35H44N3O10S2+. The van der Waals surface area contributed by atoms with Gasteiger partial charge in [0.25, 0.3) is 32.1 Å². The van der Waals surface area contributed by atoms with Crippen LogP contribution >= 0.6 is 0 Å². The molecule has 15 heteroatoms. The second-order valence-corrected chi connectivity index (χ2v) is 14.6. The van der Waals surface area contributed by atoms with Crippen LogP contribution in [0.25, 0.3) is 0 Å². The largest absolute Gasteiger partial charge is 0.345 e. The van der Waals surface area contributed by atoms with E-state index in [2.05, 4.69) is 0 Å². The lowest BCUT2D eigenvalue weighted by Gasteiger charge is -2.27. The first-order chi connectivity index (χ1) is 23.4. The number of hydroxylamine groups is 2. The Hall–Kier alpha value is -4.44. The number of carbonyl (C=O) groups excluding carboxylic acids is 3. The minimum absolute atomic E-state index is 0.0269. The predicted octanol–water partition coefficient (Wildman–Crippen LogP) is 5.61. The summed E-state index contributed by atoms with van der Waals surface area (Å²) >= 11 is 0. The lowest BCUT2D eigenvalue weighted by Crippen LogP contribution is -2.31. The number of benzene rings is 2. The Morgan fingerprint density at radius 2 is 1.48 bits per heavy atom. The quantitative estimate of drug-likeness (QED) is 0.0548. The van der Waals surface area contributed by atoms with Gasteiger partial charge in [0.05, 0.1) is 9.79 Å². The summed E-state index contributed by atoms with van der Waals surface area (Å²) in [6, 6.07) is 8.82. The summed E-state index contributed by atoms with van der Waals surface area (Å²) in [7, 11) is -8.68. The molecule has 0 aromatic heterocycles. The summed E-state index contributed by atoms with van der Waals surface area (Å²) in [4.78, 5) is 42.1. The molecule has 0 spiro atoms. The number of rotatable bonds is 16. The molecule has 0 bridgehead atoms. The third-order valence-corrected chi connectivity index (χ3v) is 9.74. The summed E-state index contributed by atoms with van der Waals surface area (Å²) in [6.07, 6.45) is 11.2. The topological polar surface area (TPSA) is 179 Å². The molecule has 0 atom stereocenters. The molecule has 1 fully saturated rings. The molecular weight excluding hydrogens is 687 g/mol. The lowest BCUT2D eigenvalue weighted by atomic mass is 10.1. The van der Waals surface area contributed by atoms with Crippen LogP contribution in [0.15, 0.2) is 82.3 Å². The number of hydrogen-bond donors (Lipinski definition) is 2. The van der Waals surface area contributed by atoms with Gasteiger partial charge in [-0.3, -0.25) is 18.7 Å². The SMILES string of the molecule is CC\[N+](=C(C)/C=C/C=C/C=C(\C)N(CCCCCC(=O)ON1C(=O)CCC1=O)c1ccc(S(=O)(=O)O)cc1C)c1ccc(S(=O)(=O)O)cc1C. The fourth-order valence-electron chi connectivity index (χ4n) is 5.43. The fourth-order valence-corrected chi connectivity index (χ4v) is 6.57. The minimum Gasteiger partial charge on any atom is -0.345 e. The molecule has 13 nitrogen and oxygen atoms in total. The van der Waals surface area contributed by atoms with Crippen molar-refractivity contribution in [3.8, 4) is 0 Å². The van der Waals surface area contributed by atoms with Crippen LogP contribution in [0.3, 0.4) is 0 Å². The number of amides is 2. The van der Waals surface area contributed by atoms with Gasteiger partial charge >= 0.3 is 5.97 Å². The summed E-state index contributed by atoms with van der Waals surface area (Å²) in [5.41, 5.74) is 4.61. The molecule has 0 unspecified atom stereocenters. The average molecular weight is 731 g/mol. The first kappa shape index (κ1) is 40.0. The van der Waals surface area contributed by atoms with E-state index in [1.54, 1.807) is 26.0 Å². The van der Waals surface area contributed by atoms with Gasteiger partial charge in [-0.05, 0) is 82.5 Å².